The third-order valence-electron chi connectivity index (χ3n) is 3.26. The Kier molecular flexibility index (Phi) is 6.25. The number of para-hydroxylation sites is 2. The molecule has 22 heavy (non-hydrogen) atoms. The number of allylic oxidation sites excluding steroid dienone is 5. The molecular weight excluding hydrogens is 266 g/mol. The Morgan fingerprint density at radius 1 is 0.909 bits per heavy atom. The molecule has 112 valence electrons. The Morgan fingerprint density at radius 3 is 1.91 bits per heavy atom. The van der Waals surface area contributed by atoms with Crippen LogP contribution < -0.4 is 4.90 Å². The summed E-state index contributed by atoms with van der Waals surface area (Å²) in [5, 5.41) is 0. The Balaban J connectivity index is 2.51. The van der Waals surface area contributed by atoms with Gasteiger partial charge in [0.05, 0.1) is 0 Å². The maximum atomic E-state index is 2.26. The second-order valence-corrected chi connectivity index (χ2v) is 4.93. The van der Waals surface area contributed by atoms with Gasteiger partial charge in [-0.3, -0.25) is 0 Å². The van der Waals surface area contributed by atoms with Gasteiger partial charge in [-0.2, -0.15) is 0 Å². The minimum absolute atomic E-state index is 1.04. The van der Waals surface area contributed by atoms with Gasteiger partial charge in [-0.1, -0.05) is 61.5 Å². The van der Waals surface area contributed by atoms with Gasteiger partial charge in [0, 0.05) is 17.1 Å². The van der Waals surface area contributed by atoms with Gasteiger partial charge in [-0.25, -0.2) is 0 Å². The monoisotopic (exact) mass is 289 g/mol. The molecule has 0 spiro atoms. The van der Waals surface area contributed by atoms with E-state index in [9.17, 15) is 0 Å². The quantitative estimate of drug-likeness (QED) is 0.568. The van der Waals surface area contributed by atoms with Crippen molar-refractivity contribution in [1.82, 2.24) is 0 Å². The van der Waals surface area contributed by atoms with Crippen molar-refractivity contribution in [2.75, 3.05) is 4.90 Å². The van der Waals surface area contributed by atoms with Crippen molar-refractivity contribution in [1.29, 1.82) is 0 Å². The van der Waals surface area contributed by atoms with E-state index in [1.54, 1.807) is 0 Å². The van der Waals surface area contributed by atoms with E-state index in [-0.39, 0.29) is 0 Å². The van der Waals surface area contributed by atoms with E-state index in [4.69, 9.17) is 0 Å². The first-order chi connectivity index (χ1) is 10.9. The normalized spacial score (nSPS) is 12.2. The molecule has 0 aliphatic heterocycles. The molecule has 0 heterocycles. The summed E-state index contributed by atoms with van der Waals surface area (Å²) in [7, 11) is 0. The van der Waals surface area contributed by atoms with Crippen LogP contribution in [0.1, 0.15) is 20.3 Å². The van der Waals surface area contributed by atoms with Gasteiger partial charge in [0.1, 0.15) is 0 Å². The third kappa shape index (κ3) is 4.23. The fourth-order valence-corrected chi connectivity index (χ4v) is 2.28. The first-order valence-corrected chi connectivity index (χ1v) is 7.76. The molecule has 0 bridgehead atoms. The van der Waals surface area contributed by atoms with Crippen molar-refractivity contribution in [3.8, 4) is 0 Å². The number of nitrogens with zero attached hydrogens (tertiary/aromatic N) is 1. The van der Waals surface area contributed by atoms with Crippen molar-refractivity contribution in [2.24, 2.45) is 0 Å². The molecule has 0 atom stereocenters. The summed E-state index contributed by atoms with van der Waals surface area (Å²) in [6.07, 6.45) is 11.7. The predicted molar refractivity (Wildman–Crippen MR) is 97.4 cm³/mol. The fourth-order valence-electron chi connectivity index (χ4n) is 2.28. The van der Waals surface area contributed by atoms with Crippen molar-refractivity contribution in [3.63, 3.8) is 0 Å². The molecule has 0 saturated heterocycles. The fraction of sp³-hybridized carbons (Fsp3) is 0.143. The zero-order chi connectivity index (χ0) is 15.6. The first-order valence-electron chi connectivity index (χ1n) is 7.76. The van der Waals surface area contributed by atoms with Crippen LogP contribution in [0.4, 0.5) is 11.4 Å². The summed E-state index contributed by atoms with van der Waals surface area (Å²) in [5.74, 6) is 0. The number of anilines is 2. The van der Waals surface area contributed by atoms with E-state index in [1.807, 2.05) is 19.1 Å². The van der Waals surface area contributed by atoms with Gasteiger partial charge in [0.2, 0.25) is 0 Å². The van der Waals surface area contributed by atoms with Crippen molar-refractivity contribution in [2.45, 2.75) is 20.3 Å². The number of hydrogen-bond donors (Lipinski definition) is 0. The molecule has 0 N–H and O–H groups in total. The summed E-state index contributed by atoms with van der Waals surface area (Å²) in [6.45, 7) is 4.19. The highest BCUT2D eigenvalue weighted by Gasteiger charge is 2.11. The lowest BCUT2D eigenvalue weighted by Crippen LogP contribution is -2.14. The largest absolute Gasteiger partial charge is 0.311 e. The van der Waals surface area contributed by atoms with Gasteiger partial charge < -0.3 is 4.90 Å². The van der Waals surface area contributed by atoms with E-state index in [0.29, 0.717) is 0 Å². The van der Waals surface area contributed by atoms with Gasteiger partial charge in [0.15, 0.2) is 0 Å². The lowest BCUT2D eigenvalue weighted by molar-refractivity contribution is 1.20. The van der Waals surface area contributed by atoms with Crippen LogP contribution >= 0.6 is 0 Å². The average Bonchev–Trinajstić information content (AvgIpc) is 2.57. The van der Waals surface area contributed by atoms with E-state index in [0.717, 1.165) is 23.5 Å². The zero-order valence-electron chi connectivity index (χ0n) is 13.3. The molecule has 0 unspecified atom stereocenters. The van der Waals surface area contributed by atoms with Gasteiger partial charge in [0.25, 0.3) is 0 Å². The van der Waals surface area contributed by atoms with Crippen LogP contribution in [0.5, 0.6) is 0 Å². The summed E-state index contributed by atoms with van der Waals surface area (Å²) in [4.78, 5) is 2.26. The Morgan fingerprint density at radius 2 is 1.45 bits per heavy atom. The maximum Gasteiger partial charge on any atom is 0.0461 e. The second kappa shape index (κ2) is 8.68. The summed E-state index contributed by atoms with van der Waals surface area (Å²) in [5.41, 5.74) is 3.45. The van der Waals surface area contributed by atoms with Crippen LogP contribution in [0.25, 0.3) is 0 Å². The molecular formula is C21H23N. The van der Waals surface area contributed by atoms with Crippen LogP contribution in [0.3, 0.4) is 0 Å². The smallest absolute Gasteiger partial charge is 0.0461 e. The topological polar surface area (TPSA) is 3.24 Å². The van der Waals surface area contributed by atoms with Crippen LogP contribution in [0.15, 0.2) is 96.7 Å². The molecule has 0 aromatic heterocycles. The first kappa shape index (κ1) is 15.8. The zero-order valence-corrected chi connectivity index (χ0v) is 13.3. The van der Waals surface area contributed by atoms with E-state index < -0.39 is 0 Å². The highest BCUT2D eigenvalue weighted by molar-refractivity contribution is 5.70. The van der Waals surface area contributed by atoms with Gasteiger partial charge >= 0.3 is 0 Å². The van der Waals surface area contributed by atoms with Crippen molar-refractivity contribution >= 4 is 11.4 Å². The minimum Gasteiger partial charge on any atom is -0.311 e. The molecule has 2 aromatic rings. The Bertz CT molecular complexity index is 597. The van der Waals surface area contributed by atoms with Crippen LogP contribution in [-0.2, 0) is 0 Å². The van der Waals surface area contributed by atoms with Crippen molar-refractivity contribution < 1.29 is 0 Å². The molecule has 0 amide bonds. The number of hydrogen-bond acceptors (Lipinski definition) is 1. The van der Waals surface area contributed by atoms with Crippen molar-refractivity contribution in [3.05, 3.63) is 96.7 Å². The van der Waals surface area contributed by atoms with Gasteiger partial charge in [-0.05, 0) is 49.8 Å². The molecule has 0 aliphatic rings. The standard InChI is InChI=1S/C21H23N/c1-3-5-8-14-19(13-4-2)22(20-15-9-6-10-16-20)21-17-11-7-12-18-21/h4-18H,3H2,1-2H3/b8-5+,13-4-,19-14+. The lowest BCUT2D eigenvalue weighted by Gasteiger charge is -2.26. The average molecular weight is 289 g/mol. The van der Waals surface area contributed by atoms with E-state index in [1.165, 1.54) is 0 Å². The molecule has 0 saturated carbocycles. The molecule has 1 nitrogen and oxygen atoms in total. The highest BCUT2D eigenvalue weighted by Crippen LogP contribution is 2.30. The van der Waals surface area contributed by atoms with Crippen LogP contribution in [0.2, 0.25) is 0 Å². The molecule has 2 rings (SSSR count). The van der Waals surface area contributed by atoms with E-state index >= 15 is 0 Å². The molecule has 0 aliphatic carbocycles. The summed E-state index contributed by atoms with van der Waals surface area (Å²) < 4.78 is 0. The lowest BCUT2D eigenvalue weighted by atomic mass is 10.2. The maximum absolute atomic E-state index is 2.26. The highest BCUT2D eigenvalue weighted by atomic mass is 15.1. The van der Waals surface area contributed by atoms with Crippen LogP contribution in [-0.4, -0.2) is 0 Å². The third-order valence-corrected chi connectivity index (χ3v) is 3.26. The van der Waals surface area contributed by atoms with Gasteiger partial charge in [-0.15, -0.1) is 0 Å². The predicted octanol–water partition coefficient (Wildman–Crippen LogP) is 6.25. The van der Waals surface area contributed by atoms with Crippen LogP contribution in [0, 0.1) is 0 Å². The Hall–Kier alpha value is -2.54. The summed E-state index contributed by atoms with van der Waals surface area (Å²) in [6, 6.07) is 20.9. The SMILES string of the molecule is C\C=C/C(=C\C=C\CC)N(c1ccccc1)c1ccccc1. The number of benzene rings is 2. The minimum atomic E-state index is 1.04. The summed E-state index contributed by atoms with van der Waals surface area (Å²) >= 11 is 0. The molecule has 0 radical (unpaired) electrons. The number of rotatable bonds is 6. The van der Waals surface area contributed by atoms with E-state index in [2.05, 4.69) is 90.7 Å². The molecule has 0 fully saturated rings. The molecule has 2 aromatic carbocycles. The Labute approximate surface area is 133 Å². The second-order valence-electron chi connectivity index (χ2n) is 4.93. The molecule has 1 heteroatoms.